The highest BCUT2D eigenvalue weighted by Gasteiger charge is 2.40. The molecule has 0 bridgehead atoms. The van der Waals surface area contributed by atoms with Gasteiger partial charge in [-0.2, -0.15) is 0 Å². The predicted octanol–water partition coefficient (Wildman–Crippen LogP) is 1.72. The Labute approximate surface area is 79.7 Å². The number of carboxylic acids is 1. The lowest BCUT2D eigenvalue weighted by Crippen LogP contribution is -2.52. The molecule has 76 valence electrons. The Balaban J connectivity index is 2.74. The molecule has 0 aromatic rings. The van der Waals surface area contributed by atoms with E-state index in [-0.39, 0.29) is 0 Å². The summed E-state index contributed by atoms with van der Waals surface area (Å²) in [4.78, 5) is 13.1. The third-order valence-corrected chi connectivity index (χ3v) is 3.09. The third-order valence-electron chi connectivity index (χ3n) is 3.09. The molecule has 1 saturated heterocycles. The zero-order chi connectivity index (χ0) is 10.1. The van der Waals surface area contributed by atoms with Gasteiger partial charge < -0.3 is 5.11 Å². The van der Waals surface area contributed by atoms with Gasteiger partial charge in [-0.05, 0) is 39.7 Å². The lowest BCUT2D eigenvalue weighted by Gasteiger charge is -2.35. The molecule has 0 radical (unpaired) electrons. The van der Waals surface area contributed by atoms with Crippen molar-refractivity contribution in [2.24, 2.45) is 0 Å². The van der Waals surface area contributed by atoms with Crippen molar-refractivity contribution in [2.45, 2.75) is 51.6 Å². The van der Waals surface area contributed by atoms with Gasteiger partial charge in [0.25, 0.3) is 0 Å². The van der Waals surface area contributed by atoms with Crippen LogP contribution in [0.4, 0.5) is 0 Å². The van der Waals surface area contributed by atoms with Gasteiger partial charge in [0.2, 0.25) is 0 Å². The fraction of sp³-hybridized carbons (Fsp3) is 0.900. The van der Waals surface area contributed by atoms with Gasteiger partial charge >= 0.3 is 5.97 Å². The Kier molecular flexibility index (Phi) is 2.96. The van der Waals surface area contributed by atoms with E-state index in [0.29, 0.717) is 6.04 Å². The van der Waals surface area contributed by atoms with Crippen molar-refractivity contribution >= 4 is 5.97 Å². The van der Waals surface area contributed by atoms with E-state index in [1.807, 2.05) is 0 Å². The highest BCUT2D eigenvalue weighted by atomic mass is 16.4. The molecule has 1 aliphatic rings. The largest absolute Gasteiger partial charge is 0.480 e. The molecule has 1 aliphatic heterocycles. The zero-order valence-electron chi connectivity index (χ0n) is 8.71. The molecule has 3 nitrogen and oxygen atoms in total. The Morgan fingerprint density at radius 1 is 1.62 bits per heavy atom. The molecule has 1 heterocycles. The molecule has 0 aromatic carbocycles. The van der Waals surface area contributed by atoms with Gasteiger partial charge in [-0.3, -0.25) is 9.69 Å². The number of likely N-dealkylation sites (tertiary alicyclic amines) is 1. The van der Waals surface area contributed by atoms with Gasteiger partial charge in [0.15, 0.2) is 0 Å². The van der Waals surface area contributed by atoms with Crippen molar-refractivity contribution in [1.82, 2.24) is 4.90 Å². The zero-order valence-corrected chi connectivity index (χ0v) is 8.71. The van der Waals surface area contributed by atoms with E-state index in [1.54, 1.807) is 13.8 Å². The molecule has 0 amide bonds. The molecule has 1 atom stereocenters. The quantitative estimate of drug-likeness (QED) is 0.728. The topological polar surface area (TPSA) is 40.5 Å². The first-order chi connectivity index (χ1) is 6.00. The molecule has 1 fully saturated rings. The number of nitrogens with zero attached hydrogens (tertiary/aromatic N) is 1. The molecular weight excluding hydrogens is 166 g/mol. The van der Waals surface area contributed by atoms with Crippen LogP contribution in [0.3, 0.4) is 0 Å². The molecule has 0 aromatic heterocycles. The fourth-order valence-electron chi connectivity index (χ4n) is 2.12. The first-order valence-electron chi connectivity index (χ1n) is 5.00. The molecule has 3 heteroatoms. The van der Waals surface area contributed by atoms with E-state index in [1.165, 1.54) is 0 Å². The van der Waals surface area contributed by atoms with Crippen molar-refractivity contribution in [2.75, 3.05) is 6.54 Å². The van der Waals surface area contributed by atoms with Crippen LogP contribution in [0.25, 0.3) is 0 Å². The lowest BCUT2D eigenvalue weighted by molar-refractivity contribution is -0.150. The highest BCUT2D eigenvalue weighted by molar-refractivity contribution is 5.77. The second-order valence-corrected chi connectivity index (χ2v) is 4.26. The standard InChI is InChI=1S/C10H19NO2/c1-4-8-6-5-7-11(8)10(2,3)9(12)13/h8H,4-7H2,1-3H3,(H,12,13). The number of carboxylic acid groups (broad SMARTS) is 1. The van der Waals surface area contributed by atoms with Gasteiger partial charge in [-0.15, -0.1) is 0 Å². The molecule has 0 aliphatic carbocycles. The number of carbonyl (C=O) groups is 1. The SMILES string of the molecule is CCC1CCCN1C(C)(C)C(=O)O. The van der Waals surface area contributed by atoms with Crippen LogP contribution in [-0.4, -0.2) is 34.1 Å². The molecule has 0 spiro atoms. The van der Waals surface area contributed by atoms with Crippen molar-refractivity contribution in [3.05, 3.63) is 0 Å². The smallest absolute Gasteiger partial charge is 0.323 e. The lowest BCUT2D eigenvalue weighted by atomic mass is 10.0. The van der Waals surface area contributed by atoms with Crippen molar-refractivity contribution in [3.63, 3.8) is 0 Å². The van der Waals surface area contributed by atoms with Crippen LogP contribution >= 0.6 is 0 Å². The highest BCUT2D eigenvalue weighted by Crippen LogP contribution is 2.28. The number of aliphatic carboxylic acids is 1. The van der Waals surface area contributed by atoms with Crippen LogP contribution in [0.1, 0.15) is 40.0 Å². The van der Waals surface area contributed by atoms with Crippen LogP contribution in [0.15, 0.2) is 0 Å². The molecule has 1 N–H and O–H groups in total. The van der Waals surface area contributed by atoms with Gasteiger partial charge in [-0.1, -0.05) is 6.92 Å². The Bertz CT molecular complexity index is 201. The van der Waals surface area contributed by atoms with Crippen LogP contribution in [-0.2, 0) is 4.79 Å². The molecule has 1 rings (SSSR count). The Morgan fingerprint density at radius 2 is 2.23 bits per heavy atom. The molecule has 0 saturated carbocycles. The summed E-state index contributed by atoms with van der Waals surface area (Å²) in [5, 5.41) is 9.07. The normalized spacial score (nSPS) is 25.0. The van der Waals surface area contributed by atoms with Crippen molar-refractivity contribution < 1.29 is 9.90 Å². The van der Waals surface area contributed by atoms with Crippen LogP contribution < -0.4 is 0 Å². The second kappa shape index (κ2) is 3.66. The van der Waals surface area contributed by atoms with Crippen LogP contribution in [0, 0.1) is 0 Å². The minimum Gasteiger partial charge on any atom is -0.480 e. The van der Waals surface area contributed by atoms with Crippen LogP contribution in [0.5, 0.6) is 0 Å². The summed E-state index contributed by atoms with van der Waals surface area (Å²) in [5.74, 6) is -0.715. The minimum atomic E-state index is -0.715. The Hall–Kier alpha value is -0.570. The summed E-state index contributed by atoms with van der Waals surface area (Å²) in [6.07, 6.45) is 3.33. The third kappa shape index (κ3) is 1.85. The van der Waals surface area contributed by atoms with E-state index in [2.05, 4.69) is 11.8 Å². The summed E-state index contributed by atoms with van der Waals surface area (Å²) < 4.78 is 0. The van der Waals surface area contributed by atoms with E-state index < -0.39 is 11.5 Å². The second-order valence-electron chi connectivity index (χ2n) is 4.26. The molecule has 1 unspecified atom stereocenters. The summed E-state index contributed by atoms with van der Waals surface area (Å²) in [5.41, 5.74) is -0.697. The summed E-state index contributed by atoms with van der Waals surface area (Å²) in [7, 11) is 0. The van der Waals surface area contributed by atoms with E-state index >= 15 is 0 Å². The van der Waals surface area contributed by atoms with Gasteiger partial charge in [-0.25, -0.2) is 0 Å². The molecular formula is C10H19NO2. The van der Waals surface area contributed by atoms with Gasteiger partial charge in [0.1, 0.15) is 5.54 Å². The predicted molar refractivity (Wildman–Crippen MR) is 51.7 cm³/mol. The summed E-state index contributed by atoms with van der Waals surface area (Å²) >= 11 is 0. The Morgan fingerprint density at radius 3 is 2.69 bits per heavy atom. The van der Waals surface area contributed by atoms with Crippen LogP contribution in [0.2, 0.25) is 0 Å². The number of rotatable bonds is 3. The summed E-state index contributed by atoms with van der Waals surface area (Å²) in [6.45, 7) is 6.64. The van der Waals surface area contributed by atoms with Crippen molar-refractivity contribution in [1.29, 1.82) is 0 Å². The van der Waals surface area contributed by atoms with E-state index in [4.69, 9.17) is 5.11 Å². The number of hydrogen-bond donors (Lipinski definition) is 1. The van der Waals surface area contributed by atoms with Gasteiger partial charge in [0, 0.05) is 6.04 Å². The summed E-state index contributed by atoms with van der Waals surface area (Å²) in [6, 6.07) is 0.464. The maximum absolute atomic E-state index is 11.0. The van der Waals surface area contributed by atoms with E-state index in [0.717, 1.165) is 25.8 Å². The van der Waals surface area contributed by atoms with Gasteiger partial charge in [0.05, 0.1) is 0 Å². The first-order valence-corrected chi connectivity index (χ1v) is 5.00. The first kappa shape index (κ1) is 10.5. The van der Waals surface area contributed by atoms with E-state index in [9.17, 15) is 4.79 Å². The fourth-order valence-corrected chi connectivity index (χ4v) is 2.12. The van der Waals surface area contributed by atoms with Crippen molar-refractivity contribution in [3.8, 4) is 0 Å². The monoisotopic (exact) mass is 185 g/mol. The minimum absolute atomic E-state index is 0.464. The number of hydrogen-bond acceptors (Lipinski definition) is 2. The average Bonchev–Trinajstić information content (AvgIpc) is 2.51. The maximum atomic E-state index is 11.0. The molecule has 13 heavy (non-hydrogen) atoms. The average molecular weight is 185 g/mol. The maximum Gasteiger partial charge on any atom is 0.323 e.